The number of benzene rings is 1. The van der Waals surface area contributed by atoms with Gasteiger partial charge in [-0.15, -0.1) is 5.01 Å². The highest BCUT2D eigenvalue weighted by Crippen LogP contribution is 2.33. The summed E-state index contributed by atoms with van der Waals surface area (Å²) >= 11 is 0. The van der Waals surface area contributed by atoms with Crippen LogP contribution in [0.2, 0.25) is 0 Å². The molecule has 0 bridgehead atoms. The molecule has 23 heavy (non-hydrogen) atoms. The van der Waals surface area contributed by atoms with Crippen LogP contribution in [-0.4, -0.2) is 35.3 Å². The Morgan fingerprint density at radius 3 is 2.74 bits per heavy atom. The molecule has 1 aliphatic heterocycles. The highest BCUT2D eigenvalue weighted by Gasteiger charge is 2.51. The zero-order chi connectivity index (χ0) is 16.3. The summed E-state index contributed by atoms with van der Waals surface area (Å²) < 4.78 is 5.52. The molecule has 1 aromatic carbocycles. The predicted molar refractivity (Wildman–Crippen MR) is 86.4 cm³/mol. The molecule has 1 saturated carbocycles. The van der Waals surface area contributed by atoms with Crippen molar-refractivity contribution >= 4 is 18.2 Å². The van der Waals surface area contributed by atoms with E-state index in [1.165, 1.54) is 6.21 Å². The van der Waals surface area contributed by atoms with Crippen molar-refractivity contribution in [3.05, 3.63) is 29.8 Å². The first-order valence-corrected chi connectivity index (χ1v) is 8.09. The molecule has 6 heteroatoms. The van der Waals surface area contributed by atoms with Crippen LogP contribution in [0.3, 0.4) is 0 Å². The first-order valence-electron chi connectivity index (χ1n) is 8.09. The molecule has 2 fully saturated rings. The van der Waals surface area contributed by atoms with Gasteiger partial charge in [0.05, 0.1) is 12.8 Å². The van der Waals surface area contributed by atoms with E-state index in [4.69, 9.17) is 4.74 Å². The van der Waals surface area contributed by atoms with Crippen LogP contribution < -0.4 is 10.1 Å². The third-order valence-electron chi connectivity index (χ3n) is 4.38. The lowest BCUT2D eigenvalue weighted by Crippen LogP contribution is -2.48. The maximum absolute atomic E-state index is 12.6. The lowest BCUT2D eigenvalue weighted by molar-refractivity contribution is -0.132. The molecule has 1 heterocycles. The predicted octanol–water partition coefficient (Wildman–Crippen LogP) is 2.67. The number of carbonyl (C=O) groups is 2. The molecule has 0 aromatic heterocycles. The van der Waals surface area contributed by atoms with Crippen LogP contribution in [0.15, 0.2) is 29.4 Å². The van der Waals surface area contributed by atoms with Crippen LogP contribution >= 0.6 is 0 Å². The molecule has 1 spiro atoms. The fourth-order valence-corrected chi connectivity index (χ4v) is 3.20. The summed E-state index contributed by atoms with van der Waals surface area (Å²) in [6.45, 7) is 2.44. The second-order valence-electron chi connectivity index (χ2n) is 5.91. The van der Waals surface area contributed by atoms with Crippen molar-refractivity contribution in [1.29, 1.82) is 0 Å². The average Bonchev–Trinajstić information content (AvgIpc) is 2.78. The number of rotatable bonds is 4. The van der Waals surface area contributed by atoms with Gasteiger partial charge in [0.2, 0.25) is 0 Å². The number of carbonyl (C=O) groups excluding carboxylic acids is 2. The van der Waals surface area contributed by atoms with Gasteiger partial charge in [-0.25, -0.2) is 4.79 Å². The normalized spacial score (nSPS) is 20.3. The minimum Gasteiger partial charge on any atom is -0.493 e. The maximum atomic E-state index is 12.6. The number of imide groups is 1. The van der Waals surface area contributed by atoms with E-state index in [9.17, 15) is 9.59 Å². The van der Waals surface area contributed by atoms with Crippen molar-refractivity contribution in [3.63, 3.8) is 0 Å². The van der Waals surface area contributed by atoms with Crippen molar-refractivity contribution in [1.82, 2.24) is 10.3 Å². The molecule has 1 N–H and O–H groups in total. The summed E-state index contributed by atoms with van der Waals surface area (Å²) in [6, 6.07) is 6.95. The Labute approximate surface area is 135 Å². The number of amides is 3. The molecule has 2 aliphatic rings. The van der Waals surface area contributed by atoms with Crippen molar-refractivity contribution in [3.8, 4) is 5.75 Å². The zero-order valence-corrected chi connectivity index (χ0v) is 13.2. The van der Waals surface area contributed by atoms with Gasteiger partial charge in [0.25, 0.3) is 5.91 Å². The van der Waals surface area contributed by atoms with Crippen molar-refractivity contribution in [2.75, 3.05) is 6.61 Å². The molecule has 0 radical (unpaired) electrons. The third-order valence-corrected chi connectivity index (χ3v) is 4.38. The van der Waals surface area contributed by atoms with Crippen LogP contribution in [-0.2, 0) is 4.79 Å². The third kappa shape index (κ3) is 2.93. The van der Waals surface area contributed by atoms with E-state index in [2.05, 4.69) is 10.4 Å². The molecule has 0 unspecified atom stereocenters. The molecule has 1 aliphatic carbocycles. The molecular formula is C17H21N3O3. The van der Waals surface area contributed by atoms with Gasteiger partial charge in [0.1, 0.15) is 11.3 Å². The summed E-state index contributed by atoms with van der Waals surface area (Å²) in [7, 11) is 0. The van der Waals surface area contributed by atoms with Crippen LogP contribution in [0.25, 0.3) is 0 Å². The first-order chi connectivity index (χ1) is 11.2. The van der Waals surface area contributed by atoms with Crippen molar-refractivity contribution in [2.24, 2.45) is 5.10 Å². The summed E-state index contributed by atoms with van der Waals surface area (Å²) in [5.74, 6) is 0.436. The lowest BCUT2D eigenvalue weighted by Gasteiger charge is -2.29. The molecule has 6 nitrogen and oxygen atoms in total. The summed E-state index contributed by atoms with van der Waals surface area (Å²) in [5.41, 5.74) is -0.00825. The highest BCUT2D eigenvalue weighted by molar-refractivity contribution is 6.07. The monoisotopic (exact) mass is 315 g/mol. The SMILES string of the molecule is CCOc1ccccc1/C=N\N1C(=O)NC2(CCCCC2)C1=O. The number of hydrogen-bond acceptors (Lipinski definition) is 4. The van der Waals surface area contributed by atoms with Crippen LogP contribution in [0.1, 0.15) is 44.6 Å². The number of hydrogen-bond donors (Lipinski definition) is 1. The van der Waals surface area contributed by atoms with E-state index in [1.807, 2.05) is 31.2 Å². The Balaban J connectivity index is 1.80. The summed E-state index contributed by atoms with van der Waals surface area (Å²) in [6.07, 6.45) is 5.91. The van der Waals surface area contributed by atoms with Gasteiger partial charge < -0.3 is 10.1 Å². The number of hydrazone groups is 1. The van der Waals surface area contributed by atoms with Crippen LogP contribution in [0, 0.1) is 0 Å². The van der Waals surface area contributed by atoms with Crippen molar-refractivity contribution in [2.45, 2.75) is 44.6 Å². The highest BCUT2D eigenvalue weighted by atomic mass is 16.5. The summed E-state index contributed by atoms with van der Waals surface area (Å²) in [4.78, 5) is 24.8. The number of para-hydroxylation sites is 1. The molecule has 3 rings (SSSR count). The molecule has 1 aromatic rings. The number of nitrogens with one attached hydrogen (secondary N) is 1. The van der Waals surface area contributed by atoms with E-state index in [-0.39, 0.29) is 5.91 Å². The minimum atomic E-state index is -0.744. The average molecular weight is 315 g/mol. The Morgan fingerprint density at radius 2 is 2.00 bits per heavy atom. The minimum absolute atomic E-state index is 0.243. The smallest absolute Gasteiger partial charge is 0.346 e. The Hall–Kier alpha value is -2.37. The van der Waals surface area contributed by atoms with E-state index < -0.39 is 11.6 Å². The Kier molecular flexibility index (Phi) is 4.32. The van der Waals surface area contributed by atoms with Crippen LogP contribution in [0.4, 0.5) is 4.79 Å². The van der Waals surface area contributed by atoms with Crippen LogP contribution in [0.5, 0.6) is 5.75 Å². The first kappa shape index (κ1) is 15.5. The van der Waals surface area contributed by atoms with E-state index in [1.54, 1.807) is 0 Å². The van der Waals surface area contributed by atoms with Gasteiger partial charge in [-0.1, -0.05) is 31.4 Å². The fraction of sp³-hybridized carbons (Fsp3) is 0.471. The van der Waals surface area contributed by atoms with E-state index in [0.29, 0.717) is 25.2 Å². The Morgan fingerprint density at radius 1 is 1.26 bits per heavy atom. The largest absolute Gasteiger partial charge is 0.493 e. The van der Waals surface area contributed by atoms with E-state index >= 15 is 0 Å². The van der Waals surface area contributed by atoms with Gasteiger partial charge in [0.15, 0.2) is 0 Å². The van der Waals surface area contributed by atoms with Crippen molar-refractivity contribution < 1.29 is 14.3 Å². The molecule has 0 atom stereocenters. The molecule has 122 valence electrons. The molecular weight excluding hydrogens is 294 g/mol. The van der Waals surface area contributed by atoms with Gasteiger partial charge in [-0.2, -0.15) is 5.10 Å². The lowest BCUT2D eigenvalue weighted by atomic mass is 9.82. The van der Waals surface area contributed by atoms with Gasteiger partial charge >= 0.3 is 6.03 Å². The second kappa shape index (κ2) is 6.40. The standard InChI is InChI=1S/C17H21N3O3/c1-2-23-14-9-5-4-8-13(14)12-18-20-15(21)17(19-16(20)22)10-6-3-7-11-17/h4-5,8-9,12H,2-3,6-7,10-11H2,1H3,(H,19,22)/b18-12-. The van der Waals surface area contributed by atoms with Gasteiger partial charge in [-0.3, -0.25) is 4.79 Å². The number of ether oxygens (including phenoxy) is 1. The molecule has 1 saturated heterocycles. The number of urea groups is 1. The number of nitrogens with zero attached hydrogens (tertiary/aromatic N) is 2. The van der Waals surface area contributed by atoms with Gasteiger partial charge in [-0.05, 0) is 31.9 Å². The Bertz CT molecular complexity index is 636. The quantitative estimate of drug-likeness (QED) is 0.686. The molecule has 3 amide bonds. The van der Waals surface area contributed by atoms with E-state index in [0.717, 1.165) is 29.8 Å². The topological polar surface area (TPSA) is 71.0 Å². The second-order valence-corrected chi connectivity index (χ2v) is 5.91. The zero-order valence-electron chi connectivity index (χ0n) is 13.2. The van der Waals surface area contributed by atoms with Gasteiger partial charge in [0, 0.05) is 5.56 Å². The fourth-order valence-electron chi connectivity index (χ4n) is 3.20. The summed E-state index contributed by atoms with van der Waals surface area (Å²) in [5, 5.41) is 7.90. The maximum Gasteiger partial charge on any atom is 0.346 e.